The standard InChI is InChI=1S/C33H33N3O6S/c1-19(31(37)35-27-18-22(36(39)40)12-13-28(27)41-5)42-32(38)29-24-10-6-7-11-26(24)34-30-20(16-23-9-8-14-43-23)15-21(17-25(29)30)33(2,3)4/h6-14,16,18-19,21H,15,17H2,1-5H3,(H,35,37)/b20-16-. The van der Waals surface area contributed by atoms with Crippen LogP contribution >= 0.6 is 11.3 Å². The molecule has 4 aromatic rings. The van der Waals surface area contributed by atoms with E-state index < -0.39 is 22.9 Å². The highest BCUT2D eigenvalue weighted by molar-refractivity contribution is 7.10. The van der Waals surface area contributed by atoms with E-state index in [9.17, 15) is 19.7 Å². The van der Waals surface area contributed by atoms with Gasteiger partial charge in [0.25, 0.3) is 11.6 Å². The Morgan fingerprint density at radius 1 is 1.14 bits per heavy atom. The number of nitro benzene ring substituents is 1. The number of carbonyl (C=O) groups excluding carboxylic acids is 2. The number of pyridine rings is 1. The predicted octanol–water partition coefficient (Wildman–Crippen LogP) is 7.55. The summed E-state index contributed by atoms with van der Waals surface area (Å²) in [5.41, 5.74) is 3.57. The Morgan fingerprint density at radius 2 is 1.91 bits per heavy atom. The molecule has 2 unspecified atom stereocenters. The van der Waals surface area contributed by atoms with Crippen molar-refractivity contribution in [3.63, 3.8) is 0 Å². The number of aromatic nitrogens is 1. The Balaban J connectivity index is 1.53. The second kappa shape index (κ2) is 12.0. The second-order valence-electron chi connectivity index (χ2n) is 11.7. The van der Waals surface area contributed by atoms with Gasteiger partial charge in [-0.05, 0) is 71.9 Å². The molecule has 1 amide bonds. The number of carbonyl (C=O) groups is 2. The summed E-state index contributed by atoms with van der Waals surface area (Å²) >= 11 is 1.64. The van der Waals surface area contributed by atoms with E-state index in [1.807, 2.05) is 35.7 Å². The Labute approximate surface area is 253 Å². The van der Waals surface area contributed by atoms with Crippen LogP contribution in [0.15, 0.2) is 60.0 Å². The number of esters is 1. The van der Waals surface area contributed by atoms with Gasteiger partial charge in [0.2, 0.25) is 0 Å². The van der Waals surface area contributed by atoms with Crippen molar-refractivity contribution >= 4 is 57.1 Å². The molecule has 2 heterocycles. The van der Waals surface area contributed by atoms with Crippen molar-refractivity contribution in [1.82, 2.24) is 4.98 Å². The molecular weight excluding hydrogens is 566 g/mol. The number of para-hydroxylation sites is 1. The number of benzene rings is 2. The molecule has 0 radical (unpaired) electrons. The molecule has 2 aromatic heterocycles. The number of nitro groups is 1. The van der Waals surface area contributed by atoms with E-state index >= 15 is 0 Å². The van der Waals surface area contributed by atoms with Crippen LogP contribution in [-0.4, -0.2) is 35.0 Å². The topological polar surface area (TPSA) is 121 Å². The van der Waals surface area contributed by atoms with Crippen molar-refractivity contribution in [2.24, 2.45) is 11.3 Å². The number of thiophene rings is 1. The van der Waals surface area contributed by atoms with Crippen LogP contribution in [0.3, 0.4) is 0 Å². The van der Waals surface area contributed by atoms with Crippen LogP contribution in [0, 0.1) is 21.4 Å². The molecule has 0 aliphatic heterocycles. The third-order valence-electron chi connectivity index (χ3n) is 7.81. The van der Waals surface area contributed by atoms with E-state index in [1.165, 1.54) is 32.2 Å². The van der Waals surface area contributed by atoms with E-state index in [0.717, 1.165) is 28.1 Å². The lowest BCUT2D eigenvalue weighted by atomic mass is 9.69. The van der Waals surface area contributed by atoms with Gasteiger partial charge in [0.1, 0.15) is 5.75 Å². The molecule has 2 atom stereocenters. The van der Waals surface area contributed by atoms with Crippen LogP contribution in [0.2, 0.25) is 0 Å². The van der Waals surface area contributed by atoms with Gasteiger partial charge in [0, 0.05) is 22.4 Å². The minimum absolute atomic E-state index is 0.0381. The number of amides is 1. The first-order valence-corrected chi connectivity index (χ1v) is 14.8. The van der Waals surface area contributed by atoms with Crippen molar-refractivity contribution in [2.45, 2.75) is 46.6 Å². The van der Waals surface area contributed by atoms with Crippen LogP contribution in [0.4, 0.5) is 11.4 Å². The average molecular weight is 600 g/mol. The van der Waals surface area contributed by atoms with Crippen LogP contribution in [-0.2, 0) is 16.0 Å². The Bertz CT molecular complexity index is 1740. The Hall–Kier alpha value is -4.57. The second-order valence-corrected chi connectivity index (χ2v) is 12.6. The number of ether oxygens (including phenoxy) is 2. The van der Waals surface area contributed by atoms with E-state index in [2.05, 4.69) is 38.2 Å². The number of non-ortho nitro benzene ring substituents is 1. The van der Waals surface area contributed by atoms with Crippen molar-refractivity contribution in [3.8, 4) is 5.75 Å². The van der Waals surface area contributed by atoms with E-state index in [1.54, 1.807) is 11.3 Å². The zero-order chi connectivity index (χ0) is 30.9. The SMILES string of the molecule is COc1ccc([N+](=O)[O-])cc1NC(=O)C(C)OC(=O)c1c2c(nc3ccccc13)/C(=C\c1cccs1)CC(C(C)(C)C)C2. The first kappa shape index (κ1) is 29.9. The summed E-state index contributed by atoms with van der Waals surface area (Å²) in [7, 11) is 1.39. The molecule has 0 spiro atoms. The minimum atomic E-state index is -1.21. The third kappa shape index (κ3) is 6.29. The van der Waals surface area contributed by atoms with Crippen LogP contribution in [0.5, 0.6) is 5.75 Å². The highest BCUT2D eigenvalue weighted by atomic mass is 32.1. The molecule has 1 aliphatic carbocycles. The fourth-order valence-electron chi connectivity index (χ4n) is 5.33. The largest absolute Gasteiger partial charge is 0.495 e. The van der Waals surface area contributed by atoms with Crippen molar-refractivity contribution in [3.05, 3.63) is 91.8 Å². The van der Waals surface area contributed by atoms with Crippen LogP contribution in [0.1, 0.15) is 60.6 Å². The molecule has 1 N–H and O–H groups in total. The summed E-state index contributed by atoms with van der Waals surface area (Å²) in [5, 5.41) is 16.6. The lowest BCUT2D eigenvalue weighted by Crippen LogP contribution is -2.32. The zero-order valence-electron chi connectivity index (χ0n) is 24.7. The number of hydrogen-bond donors (Lipinski definition) is 1. The van der Waals surface area contributed by atoms with Gasteiger partial charge >= 0.3 is 5.97 Å². The molecule has 2 aromatic carbocycles. The number of fused-ring (bicyclic) bond motifs is 2. The monoisotopic (exact) mass is 599 g/mol. The number of methoxy groups -OCH3 is 1. The Morgan fingerprint density at radius 3 is 2.58 bits per heavy atom. The molecule has 5 rings (SSSR count). The van der Waals surface area contributed by atoms with Gasteiger partial charge in [-0.2, -0.15) is 0 Å². The van der Waals surface area contributed by atoms with Crippen LogP contribution in [0.25, 0.3) is 22.6 Å². The lowest BCUT2D eigenvalue weighted by Gasteiger charge is -2.36. The number of rotatable bonds is 7. The molecule has 0 saturated heterocycles. The molecule has 9 nitrogen and oxygen atoms in total. The van der Waals surface area contributed by atoms with Gasteiger partial charge in [-0.1, -0.05) is 45.0 Å². The van der Waals surface area contributed by atoms with Crippen LogP contribution < -0.4 is 10.1 Å². The third-order valence-corrected chi connectivity index (χ3v) is 8.63. The zero-order valence-corrected chi connectivity index (χ0v) is 25.5. The lowest BCUT2D eigenvalue weighted by molar-refractivity contribution is -0.384. The van der Waals surface area contributed by atoms with Gasteiger partial charge in [-0.15, -0.1) is 11.3 Å². The van der Waals surface area contributed by atoms with E-state index in [-0.39, 0.29) is 28.5 Å². The van der Waals surface area contributed by atoms with E-state index in [0.29, 0.717) is 22.9 Å². The minimum Gasteiger partial charge on any atom is -0.495 e. The summed E-state index contributed by atoms with van der Waals surface area (Å²) in [4.78, 5) is 44.0. The molecule has 0 bridgehead atoms. The highest BCUT2D eigenvalue weighted by Gasteiger charge is 2.36. The van der Waals surface area contributed by atoms with Gasteiger partial charge in [-0.25, -0.2) is 9.78 Å². The molecule has 1 aliphatic rings. The smallest absolute Gasteiger partial charge is 0.339 e. The number of allylic oxidation sites excluding steroid dienone is 1. The van der Waals surface area contributed by atoms with E-state index in [4.69, 9.17) is 14.5 Å². The van der Waals surface area contributed by atoms with Crippen molar-refractivity contribution in [2.75, 3.05) is 12.4 Å². The number of hydrogen-bond acceptors (Lipinski definition) is 8. The number of anilines is 1. The fraction of sp³-hybridized carbons (Fsp3) is 0.303. The maximum absolute atomic E-state index is 14.0. The molecule has 0 saturated carbocycles. The number of nitrogens with one attached hydrogen (secondary N) is 1. The maximum atomic E-state index is 14.0. The van der Waals surface area contributed by atoms with Gasteiger partial charge < -0.3 is 14.8 Å². The summed E-state index contributed by atoms with van der Waals surface area (Å²) in [5.74, 6) is -0.800. The summed E-state index contributed by atoms with van der Waals surface area (Å²) in [6.07, 6.45) is 2.40. The van der Waals surface area contributed by atoms with Gasteiger partial charge in [0.15, 0.2) is 6.10 Å². The summed E-state index contributed by atoms with van der Waals surface area (Å²) in [6, 6.07) is 15.4. The molecule has 10 heteroatoms. The fourth-order valence-corrected chi connectivity index (χ4v) is 6.01. The molecule has 43 heavy (non-hydrogen) atoms. The highest BCUT2D eigenvalue weighted by Crippen LogP contribution is 2.45. The number of nitrogens with zero attached hydrogens (tertiary/aromatic N) is 2. The first-order valence-electron chi connectivity index (χ1n) is 14.0. The molecule has 0 fully saturated rings. The Kier molecular flexibility index (Phi) is 8.32. The summed E-state index contributed by atoms with van der Waals surface area (Å²) < 4.78 is 11.0. The summed E-state index contributed by atoms with van der Waals surface area (Å²) in [6.45, 7) is 8.07. The van der Waals surface area contributed by atoms with Gasteiger partial charge in [0.05, 0.1) is 34.5 Å². The molecule has 222 valence electrons. The molecular formula is C33H33N3O6S. The average Bonchev–Trinajstić information content (AvgIpc) is 3.48. The predicted molar refractivity (Wildman–Crippen MR) is 168 cm³/mol. The normalized spacial score (nSPS) is 16.4. The first-order chi connectivity index (χ1) is 20.5. The maximum Gasteiger partial charge on any atom is 0.339 e. The quantitative estimate of drug-likeness (QED) is 0.132. The van der Waals surface area contributed by atoms with Crippen molar-refractivity contribution < 1.29 is 24.0 Å². The van der Waals surface area contributed by atoms with Gasteiger partial charge in [-0.3, -0.25) is 14.9 Å². The van der Waals surface area contributed by atoms with Crippen molar-refractivity contribution in [1.29, 1.82) is 0 Å².